The monoisotopic (exact) mass is 284 g/mol. The summed E-state index contributed by atoms with van der Waals surface area (Å²) in [7, 11) is 0. The second kappa shape index (κ2) is 9.18. The van der Waals surface area contributed by atoms with Crippen LogP contribution in [0.1, 0.15) is 32.3 Å². The molecule has 3 nitrogen and oxygen atoms in total. The van der Waals surface area contributed by atoms with Gasteiger partial charge in [-0.2, -0.15) is 0 Å². The summed E-state index contributed by atoms with van der Waals surface area (Å²) in [4.78, 5) is 2.19. The minimum absolute atomic E-state index is 0.167. The first kappa shape index (κ1) is 16.3. The molecule has 0 amide bonds. The minimum atomic E-state index is 0.167. The lowest BCUT2D eigenvalue weighted by Crippen LogP contribution is -2.27. The maximum atomic E-state index is 9.15. The number of anilines is 1. The Bertz CT molecular complexity index is 371. The number of hydrogen-bond acceptors (Lipinski definition) is 3. The highest BCUT2D eigenvalue weighted by Gasteiger charge is 2.08. The maximum Gasteiger partial charge on any atom is 0.0606 e. The molecule has 4 heteroatoms. The Kier molecular flexibility index (Phi) is 7.87. The summed E-state index contributed by atoms with van der Waals surface area (Å²) in [6, 6.07) is 6.15. The number of nitrogens with zero attached hydrogens (tertiary/aromatic N) is 1. The molecule has 0 aliphatic rings. The number of aliphatic hydroxyl groups is 1. The van der Waals surface area contributed by atoms with Gasteiger partial charge in [-0.15, -0.1) is 0 Å². The molecular weight excluding hydrogens is 260 g/mol. The highest BCUT2D eigenvalue weighted by molar-refractivity contribution is 6.31. The molecule has 19 heavy (non-hydrogen) atoms. The Hall–Kier alpha value is -0.770. The van der Waals surface area contributed by atoms with Crippen LogP contribution in [-0.2, 0) is 6.54 Å². The normalized spacial score (nSPS) is 10.7. The smallest absolute Gasteiger partial charge is 0.0606 e. The highest BCUT2D eigenvalue weighted by Crippen LogP contribution is 2.24. The number of rotatable bonds is 9. The van der Waals surface area contributed by atoms with E-state index in [1.54, 1.807) is 0 Å². The summed E-state index contributed by atoms with van der Waals surface area (Å²) in [5.41, 5.74) is 2.21. The van der Waals surface area contributed by atoms with E-state index in [9.17, 15) is 0 Å². The lowest BCUT2D eigenvalue weighted by atomic mass is 10.1. The number of benzene rings is 1. The number of unbranched alkanes of at least 4 members (excludes halogenated alkanes) is 1. The fourth-order valence-electron chi connectivity index (χ4n) is 1.98. The molecule has 1 rings (SSSR count). The average molecular weight is 285 g/mol. The SMILES string of the molecule is CCCCN(CCO)c1ccc(CNCC)c(Cl)c1. The first-order valence-corrected chi connectivity index (χ1v) is 7.45. The van der Waals surface area contributed by atoms with Crippen LogP contribution >= 0.6 is 11.6 Å². The van der Waals surface area contributed by atoms with Crippen LogP contribution < -0.4 is 10.2 Å². The summed E-state index contributed by atoms with van der Waals surface area (Å²) in [6.45, 7) is 7.76. The van der Waals surface area contributed by atoms with Crippen molar-refractivity contribution in [1.29, 1.82) is 0 Å². The molecule has 0 saturated carbocycles. The quantitative estimate of drug-likeness (QED) is 0.732. The molecular formula is C15H25ClN2O. The third kappa shape index (κ3) is 5.39. The Balaban J connectivity index is 2.77. The van der Waals surface area contributed by atoms with Gasteiger partial charge in [-0.1, -0.05) is 37.9 Å². The maximum absolute atomic E-state index is 9.15. The van der Waals surface area contributed by atoms with Crippen molar-refractivity contribution in [2.75, 3.05) is 31.1 Å². The predicted molar refractivity (Wildman–Crippen MR) is 83.0 cm³/mol. The van der Waals surface area contributed by atoms with E-state index in [4.69, 9.17) is 16.7 Å². The molecule has 1 aromatic carbocycles. The van der Waals surface area contributed by atoms with Gasteiger partial charge in [-0.3, -0.25) is 0 Å². The van der Waals surface area contributed by atoms with Gasteiger partial charge in [-0.25, -0.2) is 0 Å². The van der Waals surface area contributed by atoms with Gasteiger partial charge in [0.05, 0.1) is 6.61 Å². The van der Waals surface area contributed by atoms with Crippen molar-refractivity contribution in [1.82, 2.24) is 5.32 Å². The second-order valence-electron chi connectivity index (χ2n) is 4.62. The van der Waals surface area contributed by atoms with Crippen LogP contribution in [0.2, 0.25) is 5.02 Å². The lowest BCUT2D eigenvalue weighted by Gasteiger charge is -2.24. The van der Waals surface area contributed by atoms with E-state index in [0.717, 1.165) is 48.7 Å². The molecule has 2 N–H and O–H groups in total. The Morgan fingerprint density at radius 2 is 2.05 bits per heavy atom. The fourth-order valence-corrected chi connectivity index (χ4v) is 2.22. The van der Waals surface area contributed by atoms with E-state index in [2.05, 4.69) is 36.2 Å². The molecule has 1 aromatic rings. The van der Waals surface area contributed by atoms with Crippen LogP contribution in [0.5, 0.6) is 0 Å². The molecule has 0 aliphatic carbocycles. The lowest BCUT2D eigenvalue weighted by molar-refractivity contribution is 0.301. The second-order valence-corrected chi connectivity index (χ2v) is 5.03. The van der Waals surface area contributed by atoms with E-state index in [-0.39, 0.29) is 6.61 Å². The van der Waals surface area contributed by atoms with Gasteiger partial charge < -0.3 is 15.3 Å². The summed E-state index contributed by atoms with van der Waals surface area (Å²) in [6.07, 6.45) is 2.27. The van der Waals surface area contributed by atoms with Crippen molar-refractivity contribution in [3.63, 3.8) is 0 Å². The van der Waals surface area contributed by atoms with Crippen LogP contribution in [0.3, 0.4) is 0 Å². The predicted octanol–water partition coefficient (Wildman–Crippen LogP) is 3.05. The zero-order chi connectivity index (χ0) is 14.1. The molecule has 0 unspecified atom stereocenters. The molecule has 0 aliphatic heterocycles. The molecule has 0 bridgehead atoms. The molecule has 0 radical (unpaired) electrons. The van der Waals surface area contributed by atoms with E-state index >= 15 is 0 Å². The summed E-state index contributed by atoms with van der Waals surface area (Å²) < 4.78 is 0. The van der Waals surface area contributed by atoms with Crippen molar-refractivity contribution < 1.29 is 5.11 Å². The van der Waals surface area contributed by atoms with Gasteiger partial charge in [0, 0.05) is 30.3 Å². The first-order chi connectivity index (χ1) is 9.22. The standard InChI is InChI=1S/C15H25ClN2O/c1-3-5-8-18(9-10-19)14-7-6-13(12-17-4-2)15(16)11-14/h6-7,11,17,19H,3-5,8-10,12H2,1-2H3. The van der Waals surface area contributed by atoms with Gasteiger partial charge in [0.2, 0.25) is 0 Å². The van der Waals surface area contributed by atoms with E-state index in [1.807, 2.05) is 6.07 Å². The highest BCUT2D eigenvalue weighted by atomic mass is 35.5. The van der Waals surface area contributed by atoms with E-state index in [0.29, 0.717) is 6.54 Å². The van der Waals surface area contributed by atoms with Crippen LogP contribution in [-0.4, -0.2) is 31.3 Å². The molecule has 0 heterocycles. The molecule has 0 fully saturated rings. The fraction of sp³-hybridized carbons (Fsp3) is 0.600. The minimum Gasteiger partial charge on any atom is -0.395 e. The van der Waals surface area contributed by atoms with Crippen molar-refractivity contribution in [3.05, 3.63) is 28.8 Å². The summed E-state index contributed by atoms with van der Waals surface area (Å²) in [5, 5.41) is 13.2. The number of nitrogens with one attached hydrogen (secondary N) is 1. The van der Waals surface area contributed by atoms with Crippen molar-refractivity contribution in [2.24, 2.45) is 0 Å². The van der Waals surface area contributed by atoms with E-state index < -0.39 is 0 Å². The molecule has 0 aromatic heterocycles. The van der Waals surface area contributed by atoms with Crippen molar-refractivity contribution in [3.8, 4) is 0 Å². The number of aliphatic hydroxyl groups excluding tert-OH is 1. The van der Waals surface area contributed by atoms with Crippen molar-refractivity contribution in [2.45, 2.75) is 33.2 Å². The topological polar surface area (TPSA) is 35.5 Å². The van der Waals surface area contributed by atoms with Gasteiger partial charge in [0.15, 0.2) is 0 Å². The third-order valence-electron chi connectivity index (χ3n) is 3.12. The van der Waals surface area contributed by atoms with Crippen molar-refractivity contribution >= 4 is 17.3 Å². The number of halogens is 1. The van der Waals surface area contributed by atoms with Gasteiger partial charge in [0.1, 0.15) is 0 Å². The molecule has 108 valence electrons. The third-order valence-corrected chi connectivity index (χ3v) is 3.47. The van der Waals surface area contributed by atoms with Crippen LogP contribution in [0, 0.1) is 0 Å². The summed E-state index contributed by atoms with van der Waals surface area (Å²) >= 11 is 6.31. The van der Waals surface area contributed by atoms with Crippen LogP contribution in [0.25, 0.3) is 0 Å². The van der Waals surface area contributed by atoms with E-state index in [1.165, 1.54) is 0 Å². The summed E-state index contributed by atoms with van der Waals surface area (Å²) in [5.74, 6) is 0. The van der Waals surface area contributed by atoms with Gasteiger partial charge >= 0.3 is 0 Å². The van der Waals surface area contributed by atoms with Gasteiger partial charge in [-0.05, 0) is 30.7 Å². The van der Waals surface area contributed by atoms with Gasteiger partial charge in [0.25, 0.3) is 0 Å². The average Bonchev–Trinajstić information content (AvgIpc) is 2.42. The molecule has 0 saturated heterocycles. The zero-order valence-electron chi connectivity index (χ0n) is 12.0. The number of hydrogen-bond donors (Lipinski definition) is 2. The largest absolute Gasteiger partial charge is 0.395 e. The Morgan fingerprint density at radius 3 is 2.63 bits per heavy atom. The molecule has 0 spiro atoms. The first-order valence-electron chi connectivity index (χ1n) is 7.07. The van der Waals surface area contributed by atoms with Crippen LogP contribution in [0.15, 0.2) is 18.2 Å². The Labute approximate surface area is 121 Å². The van der Waals surface area contributed by atoms with Crippen LogP contribution in [0.4, 0.5) is 5.69 Å². The zero-order valence-corrected chi connectivity index (χ0v) is 12.7. The molecule has 0 atom stereocenters. The Morgan fingerprint density at radius 1 is 1.26 bits per heavy atom.